The van der Waals surface area contributed by atoms with Crippen LogP contribution in [-0.2, 0) is 16.1 Å². The zero-order valence-corrected chi connectivity index (χ0v) is 20.5. The maximum Gasteiger partial charge on any atom is 0.226 e. The van der Waals surface area contributed by atoms with E-state index in [1.165, 1.54) is 28.2 Å². The Morgan fingerprint density at radius 2 is 2.24 bits per heavy atom. The molecule has 5 rings (SSSR count). The first-order valence-corrected chi connectivity index (χ1v) is 12.8. The molecule has 176 valence electrons. The van der Waals surface area contributed by atoms with Crippen molar-refractivity contribution in [3.63, 3.8) is 0 Å². The Bertz CT molecular complexity index is 1080. The van der Waals surface area contributed by atoms with Gasteiger partial charge in [0, 0.05) is 22.9 Å². The highest BCUT2D eigenvalue weighted by atomic mass is 32.1. The summed E-state index contributed by atoms with van der Waals surface area (Å²) >= 11 is 1.51. The number of nitrogens with zero attached hydrogens (tertiary/aromatic N) is 2. The Hall–Kier alpha value is -2.41. The minimum absolute atomic E-state index is 0.0269. The van der Waals surface area contributed by atoms with Crippen LogP contribution >= 0.6 is 11.3 Å². The lowest BCUT2D eigenvalue weighted by Gasteiger charge is -2.50. The summed E-state index contributed by atoms with van der Waals surface area (Å²) in [5.41, 5.74) is 3.92. The lowest BCUT2D eigenvalue weighted by atomic mass is 9.54. The van der Waals surface area contributed by atoms with Gasteiger partial charge >= 0.3 is 0 Å². The molecule has 1 aromatic carbocycles. The highest BCUT2D eigenvalue weighted by Crippen LogP contribution is 2.62. The average molecular weight is 468 g/mol. The van der Waals surface area contributed by atoms with Gasteiger partial charge in [-0.25, -0.2) is 4.98 Å². The van der Waals surface area contributed by atoms with Crippen molar-refractivity contribution in [2.24, 2.45) is 28.3 Å². The van der Waals surface area contributed by atoms with E-state index in [1.54, 1.807) is 13.3 Å². The molecule has 7 heteroatoms. The third-order valence-corrected chi connectivity index (χ3v) is 9.22. The van der Waals surface area contributed by atoms with E-state index in [2.05, 4.69) is 28.4 Å². The number of carbonyl (C=O) groups excluding carboxylic acids is 1. The first-order chi connectivity index (χ1) is 15.9. The first-order valence-electron chi connectivity index (χ1n) is 12.0. The van der Waals surface area contributed by atoms with Crippen LogP contribution < -0.4 is 5.32 Å². The van der Waals surface area contributed by atoms with Crippen molar-refractivity contribution in [2.75, 3.05) is 12.4 Å². The van der Waals surface area contributed by atoms with Gasteiger partial charge in [0.15, 0.2) is 5.13 Å². The number of aromatic hydroxyl groups is 1. The van der Waals surface area contributed by atoms with Crippen molar-refractivity contribution in [1.29, 1.82) is 0 Å². The van der Waals surface area contributed by atoms with Crippen molar-refractivity contribution >= 4 is 28.1 Å². The first kappa shape index (κ1) is 22.4. The van der Waals surface area contributed by atoms with E-state index in [4.69, 9.17) is 4.84 Å². The van der Waals surface area contributed by atoms with E-state index in [-0.39, 0.29) is 11.3 Å². The number of carbonyl (C=O) groups is 1. The van der Waals surface area contributed by atoms with Crippen molar-refractivity contribution in [1.82, 2.24) is 4.98 Å². The molecule has 0 spiro atoms. The molecule has 5 unspecified atom stereocenters. The number of phenolic OH excluding ortho intramolecular Hbond substituents is 1. The number of aryl methyl sites for hydroxylation is 2. The smallest absolute Gasteiger partial charge is 0.226 e. The second kappa shape index (κ2) is 8.75. The molecule has 2 aromatic rings. The molecular weight excluding hydrogens is 434 g/mol. The number of thiazole rings is 1. The van der Waals surface area contributed by atoms with Gasteiger partial charge in [-0.2, -0.15) is 0 Å². The van der Waals surface area contributed by atoms with E-state index in [0.29, 0.717) is 41.0 Å². The molecule has 33 heavy (non-hydrogen) atoms. The van der Waals surface area contributed by atoms with Crippen LogP contribution in [0.3, 0.4) is 0 Å². The number of hydrogen-bond donors (Lipinski definition) is 2. The highest BCUT2D eigenvalue weighted by Gasteiger charge is 2.57. The van der Waals surface area contributed by atoms with Gasteiger partial charge in [-0.1, -0.05) is 18.1 Å². The van der Waals surface area contributed by atoms with Crippen molar-refractivity contribution < 1.29 is 14.7 Å². The van der Waals surface area contributed by atoms with Crippen LogP contribution in [0.25, 0.3) is 0 Å². The summed E-state index contributed by atoms with van der Waals surface area (Å²) in [5, 5.41) is 18.1. The lowest BCUT2D eigenvalue weighted by molar-refractivity contribution is -0.116. The molecule has 1 aromatic heterocycles. The van der Waals surface area contributed by atoms with Crippen molar-refractivity contribution in [3.05, 3.63) is 40.4 Å². The summed E-state index contributed by atoms with van der Waals surface area (Å²) in [4.78, 5) is 23.3. The van der Waals surface area contributed by atoms with E-state index < -0.39 is 0 Å². The van der Waals surface area contributed by atoms with Crippen LogP contribution in [-0.4, -0.2) is 28.8 Å². The summed E-state index contributed by atoms with van der Waals surface area (Å²) in [6, 6.07) is 5.93. The largest absolute Gasteiger partial charge is 0.508 e. The monoisotopic (exact) mass is 467 g/mol. The number of amides is 1. The number of fused-ring (bicyclic) bond motifs is 5. The van der Waals surface area contributed by atoms with Gasteiger partial charge in [0.1, 0.15) is 12.9 Å². The van der Waals surface area contributed by atoms with Crippen LogP contribution in [0.4, 0.5) is 5.13 Å². The van der Waals surface area contributed by atoms with E-state index >= 15 is 0 Å². The molecule has 1 heterocycles. The van der Waals surface area contributed by atoms with Gasteiger partial charge in [-0.05, 0) is 92.4 Å². The molecule has 2 fully saturated rings. The Balaban J connectivity index is 1.37. The van der Waals surface area contributed by atoms with Crippen molar-refractivity contribution in [3.8, 4) is 5.75 Å². The van der Waals surface area contributed by atoms with E-state index in [9.17, 15) is 9.90 Å². The zero-order chi connectivity index (χ0) is 23.2. The molecule has 6 nitrogen and oxygen atoms in total. The molecule has 2 saturated carbocycles. The third-order valence-electron chi connectivity index (χ3n) is 8.40. The Morgan fingerprint density at radius 3 is 3.00 bits per heavy atom. The van der Waals surface area contributed by atoms with E-state index in [0.717, 1.165) is 43.4 Å². The molecule has 3 aliphatic carbocycles. The predicted molar refractivity (Wildman–Crippen MR) is 131 cm³/mol. The number of aromatic nitrogens is 1. The maximum absolute atomic E-state index is 12.7. The Labute approximate surface area is 199 Å². The molecule has 2 N–H and O–H groups in total. The van der Waals surface area contributed by atoms with Crippen LogP contribution in [0.1, 0.15) is 67.4 Å². The normalized spacial score (nSPS) is 31.5. The van der Waals surface area contributed by atoms with Gasteiger partial charge in [-0.15, -0.1) is 11.3 Å². The molecule has 0 saturated heterocycles. The second-order valence-corrected chi connectivity index (χ2v) is 11.5. The maximum atomic E-state index is 12.7. The Morgan fingerprint density at radius 1 is 1.39 bits per heavy atom. The molecule has 3 aliphatic rings. The fourth-order valence-electron chi connectivity index (χ4n) is 7.08. The quantitative estimate of drug-likeness (QED) is 0.556. The van der Waals surface area contributed by atoms with Crippen LogP contribution in [0, 0.1) is 30.1 Å². The van der Waals surface area contributed by atoms with Gasteiger partial charge < -0.3 is 15.3 Å². The fourth-order valence-corrected chi connectivity index (χ4v) is 7.76. The number of oxime groups is 1. The molecule has 1 amide bonds. The summed E-state index contributed by atoms with van der Waals surface area (Å²) in [5.74, 6) is 2.40. The molecule has 0 bridgehead atoms. The lowest BCUT2D eigenvalue weighted by Crippen LogP contribution is -2.44. The van der Waals surface area contributed by atoms with Crippen molar-refractivity contribution in [2.45, 2.75) is 64.7 Å². The highest BCUT2D eigenvalue weighted by molar-refractivity contribution is 7.15. The number of hydrogen-bond acceptors (Lipinski definition) is 6. The van der Waals surface area contributed by atoms with Gasteiger partial charge in [0.05, 0.1) is 5.71 Å². The number of anilines is 1. The summed E-state index contributed by atoms with van der Waals surface area (Å²) in [6.07, 6.45) is 8.40. The van der Waals surface area contributed by atoms with Crippen LogP contribution in [0.5, 0.6) is 5.75 Å². The minimum atomic E-state index is 0.0269. The Kier molecular flexibility index (Phi) is 5.93. The molecule has 0 radical (unpaired) electrons. The number of nitrogens with one attached hydrogen (secondary N) is 1. The summed E-state index contributed by atoms with van der Waals surface area (Å²) in [6.45, 7) is 4.36. The standard InChI is InChI=1S/C26H33N3O3S/c1-15-14-27-25(33-15)28-23(31)9-5-17-13-22(29-32-3)26(2)11-10-20-19-8-6-18(30)12-16(19)4-7-21(20)24(17)26/h6,8,12,14,17,20-21,24,30H,4-5,7,9-11,13H2,1-3H3,(H,27,28,31). The number of benzene rings is 1. The summed E-state index contributed by atoms with van der Waals surface area (Å²) in [7, 11) is 1.64. The second-order valence-electron chi connectivity index (χ2n) is 10.2. The van der Waals surface area contributed by atoms with Crippen LogP contribution in [0.15, 0.2) is 29.6 Å². The average Bonchev–Trinajstić information content (AvgIpc) is 3.32. The summed E-state index contributed by atoms with van der Waals surface area (Å²) < 4.78 is 0. The molecule has 0 aliphatic heterocycles. The van der Waals surface area contributed by atoms with E-state index in [1.807, 2.05) is 19.1 Å². The van der Waals surface area contributed by atoms with Gasteiger partial charge in [0.2, 0.25) is 5.91 Å². The zero-order valence-electron chi connectivity index (χ0n) is 19.6. The van der Waals surface area contributed by atoms with Gasteiger partial charge in [-0.3, -0.25) is 4.79 Å². The molecule has 5 atom stereocenters. The topological polar surface area (TPSA) is 83.8 Å². The predicted octanol–water partition coefficient (Wildman–Crippen LogP) is 5.66. The van der Waals surface area contributed by atoms with Gasteiger partial charge in [0.25, 0.3) is 0 Å². The number of rotatable bonds is 5. The fraction of sp³-hybridized carbons (Fsp3) is 0.577. The minimum Gasteiger partial charge on any atom is -0.508 e. The molecular formula is C26H33N3O3S. The SMILES string of the molecule is CON=C1CC(CCC(=O)Nc2ncc(C)s2)C2C3CCc4cc(O)ccc4C3CCC12C. The van der Waals surface area contributed by atoms with Crippen LogP contribution in [0.2, 0.25) is 0 Å². The third kappa shape index (κ3) is 4.05. The number of phenols is 1.